The summed E-state index contributed by atoms with van der Waals surface area (Å²) in [7, 11) is -2.52. The number of sulfonamides is 1. The van der Waals surface area contributed by atoms with E-state index in [0.717, 1.165) is 15.4 Å². The van der Waals surface area contributed by atoms with Gasteiger partial charge >= 0.3 is 0 Å². The van der Waals surface area contributed by atoms with Gasteiger partial charge in [-0.15, -0.1) is 0 Å². The molecule has 7 nitrogen and oxygen atoms in total. The van der Waals surface area contributed by atoms with Gasteiger partial charge in [-0.2, -0.15) is 4.31 Å². The molecule has 0 radical (unpaired) electrons. The summed E-state index contributed by atoms with van der Waals surface area (Å²) in [6.07, 6.45) is 2.78. The lowest BCUT2D eigenvalue weighted by atomic mass is 10.2. The molecule has 0 aliphatic heterocycles. The van der Waals surface area contributed by atoms with Crippen LogP contribution in [0.4, 0.5) is 0 Å². The molecular formula is C19H20ClN3O4S. The monoisotopic (exact) mass is 421 g/mol. The molecule has 0 fully saturated rings. The van der Waals surface area contributed by atoms with E-state index in [1.807, 2.05) is 6.92 Å². The summed E-state index contributed by atoms with van der Waals surface area (Å²) >= 11 is 5.78. The fourth-order valence-corrected chi connectivity index (χ4v) is 3.39. The van der Waals surface area contributed by atoms with Crippen molar-refractivity contribution in [2.24, 2.45) is 0 Å². The first kappa shape index (κ1) is 21.6. The third-order valence-electron chi connectivity index (χ3n) is 3.72. The molecule has 0 saturated carbocycles. The number of amides is 2. The second-order valence-corrected chi connectivity index (χ2v) is 8.48. The van der Waals surface area contributed by atoms with Gasteiger partial charge in [-0.25, -0.2) is 8.42 Å². The zero-order valence-corrected chi connectivity index (χ0v) is 16.9. The van der Waals surface area contributed by atoms with Gasteiger partial charge in [-0.1, -0.05) is 41.4 Å². The van der Waals surface area contributed by atoms with E-state index in [2.05, 4.69) is 10.9 Å². The van der Waals surface area contributed by atoms with Crippen LogP contribution in [0.1, 0.15) is 11.1 Å². The van der Waals surface area contributed by atoms with Gasteiger partial charge in [0.2, 0.25) is 10.0 Å². The van der Waals surface area contributed by atoms with Crippen molar-refractivity contribution in [1.82, 2.24) is 15.2 Å². The Morgan fingerprint density at radius 2 is 1.64 bits per heavy atom. The van der Waals surface area contributed by atoms with Crippen LogP contribution in [0, 0.1) is 6.92 Å². The van der Waals surface area contributed by atoms with Crippen LogP contribution in [-0.4, -0.2) is 38.1 Å². The van der Waals surface area contributed by atoms with Gasteiger partial charge in [0.15, 0.2) is 0 Å². The highest BCUT2D eigenvalue weighted by Crippen LogP contribution is 2.14. The molecule has 2 aromatic rings. The highest BCUT2D eigenvalue weighted by atomic mass is 35.5. The molecule has 2 aromatic carbocycles. The molecular weight excluding hydrogens is 402 g/mol. The number of hydrazine groups is 1. The summed E-state index contributed by atoms with van der Waals surface area (Å²) in [4.78, 5) is 23.8. The largest absolute Gasteiger partial charge is 0.272 e. The SMILES string of the molecule is Cc1ccc(S(=O)(=O)N(C)CC(=O)NNC(=O)/C=C/c2ccc(Cl)cc2)cc1. The molecule has 0 unspecified atom stereocenters. The zero-order valence-electron chi connectivity index (χ0n) is 15.3. The molecule has 0 spiro atoms. The lowest BCUT2D eigenvalue weighted by molar-refractivity contribution is -0.126. The highest BCUT2D eigenvalue weighted by Gasteiger charge is 2.22. The van der Waals surface area contributed by atoms with Gasteiger partial charge in [-0.3, -0.25) is 20.4 Å². The second kappa shape index (κ2) is 9.50. The molecule has 0 heterocycles. The molecule has 2 N–H and O–H groups in total. The number of halogens is 1. The molecule has 0 saturated heterocycles. The number of nitrogens with one attached hydrogen (secondary N) is 2. The molecule has 0 bridgehead atoms. The van der Waals surface area contributed by atoms with Gasteiger partial charge in [0.25, 0.3) is 11.8 Å². The van der Waals surface area contributed by atoms with Crippen molar-refractivity contribution in [3.8, 4) is 0 Å². The summed E-state index contributed by atoms with van der Waals surface area (Å²) in [5.74, 6) is -1.24. The fourth-order valence-electron chi connectivity index (χ4n) is 2.14. The lowest BCUT2D eigenvalue weighted by Gasteiger charge is -2.17. The fraction of sp³-hybridized carbons (Fsp3) is 0.158. The average Bonchev–Trinajstić information content (AvgIpc) is 2.66. The molecule has 0 aromatic heterocycles. The van der Waals surface area contributed by atoms with Crippen molar-refractivity contribution in [3.63, 3.8) is 0 Å². The third kappa shape index (κ3) is 6.19. The van der Waals surface area contributed by atoms with Crippen LogP contribution in [0.15, 0.2) is 59.5 Å². The Hall–Kier alpha value is -2.68. The average molecular weight is 422 g/mol. The normalized spacial score (nSPS) is 11.6. The van der Waals surface area contributed by atoms with Crippen molar-refractivity contribution < 1.29 is 18.0 Å². The minimum atomic E-state index is -3.80. The van der Waals surface area contributed by atoms with E-state index in [9.17, 15) is 18.0 Å². The minimum Gasteiger partial charge on any atom is -0.272 e. The van der Waals surface area contributed by atoms with Gasteiger partial charge in [0.1, 0.15) is 0 Å². The first-order chi connectivity index (χ1) is 13.2. The van der Waals surface area contributed by atoms with Crippen molar-refractivity contribution in [3.05, 3.63) is 70.8 Å². The van der Waals surface area contributed by atoms with E-state index < -0.39 is 28.4 Å². The number of carbonyl (C=O) groups excluding carboxylic acids is 2. The van der Waals surface area contributed by atoms with Gasteiger partial charge in [0, 0.05) is 18.1 Å². The standard InChI is InChI=1S/C19H20ClN3O4S/c1-14-3-10-17(11-4-14)28(26,27)23(2)13-19(25)22-21-18(24)12-7-15-5-8-16(20)9-6-15/h3-12H,13H2,1-2H3,(H,21,24)(H,22,25)/b12-7+. The highest BCUT2D eigenvalue weighted by molar-refractivity contribution is 7.89. The Kier molecular flexibility index (Phi) is 7.33. The van der Waals surface area contributed by atoms with E-state index >= 15 is 0 Å². The molecule has 2 rings (SSSR count). The maximum atomic E-state index is 12.4. The molecule has 0 atom stereocenters. The van der Waals surface area contributed by atoms with Crippen LogP contribution in [0.2, 0.25) is 5.02 Å². The molecule has 0 aliphatic rings. The van der Waals surface area contributed by atoms with E-state index in [1.165, 1.54) is 25.3 Å². The number of hydrogen-bond donors (Lipinski definition) is 2. The first-order valence-corrected chi connectivity index (χ1v) is 10.1. The van der Waals surface area contributed by atoms with E-state index in [1.54, 1.807) is 42.5 Å². The number of aryl methyl sites for hydroxylation is 1. The number of rotatable bonds is 6. The summed E-state index contributed by atoms with van der Waals surface area (Å²) in [6, 6.07) is 13.1. The molecule has 2 amide bonds. The molecule has 0 aliphatic carbocycles. The Morgan fingerprint density at radius 3 is 2.25 bits per heavy atom. The summed E-state index contributed by atoms with van der Waals surface area (Å²) in [5, 5.41) is 0.582. The van der Waals surface area contributed by atoms with E-state index in [4.69, 9.17) is 11.6 Å². The van der Waals surface area contributed by atoms with Gasteiger partial charge in [0.05, 0.1) is 11.4 Å². The number of likely N-dealkylation sites (N-methyl/N-ethyl adjacent to an activating group) is 1. The van der Waals surface area contributed by atoms with Crippen molar-refractivity contribution in [1.29, 1.82) is 0 Å². The second-order valence-electron chi connectivity index (χ2n) is 6.00. The predicted octanol–water partition coefficient (Wildman–Crippen LogP) is 2.13. The third-order valence-corrected chi connectivity index (χ3v) is 5.79. The maximum Gasteiger partial charge on any atom is 0.262 e. The van der Waals surface area contributed by atoms with Crippen LogP contribution >= 0.6 is 11.6 Å². The predicted molar refractivity (Wildman–Crippen MR) is 108 cm³/mol. The number of hydrogen-bond acceptors (Lipinski definition) is 4. The van der Waals surface area contributed by atoms with Crippen LogP contribution in [0.25, 0.3) is 6.08 Å². The van der Waals surface area contributed by atoms with Crippen LogP contribution in [0.5, 0.6) is 0 Å². The molecule has 9 heteroatoms. The number of carbonyl (C=O) groups is 2. The zero-order chi connectivity index (χ0) is 20.7. The van der Waals surface area contributed by atoms with Gasteiger partial charge in [-0.05, 0) is 42.8 Å². The number of nitrogens with zero attached hydrogens (tertiary/aromatic N) is 1. The maximum absolute atomic E-state index is 12.4. The first-order valence-electron chi connectivity index (χ1n) is 8.24. The van der Waals surface area contributed by atoms with Crippen LogP contribution in [-0.2, 0) is 19.6 Å². The summed E-state index contributed by atoms with van der Waals surface area (Å²) in [6.45, 7) is 1.40. The van der Waals surface area contributed by atoms with Crippen LogP contribution in [0.3, 0.4) is 0 Å². The van der Waals surface area contributed by atoms with Crippen LogP contribution < -0.4 is 10.9 Å². The minimum absolute atomic E-state index is 0.0864. The number of benzene rings is 2. The Bertz CT molecular complexity index is 971. The molecule has 148 valence electrons. The molecule has 28 heavy (non-hydrogen) atoms. The summed E-state index contributed by atoms with van der Waals surface area (Å²) in [5.41, 5.74) is 6.05. The Labute approximate surface area is 169 Å². The quantitative estimate of drug-likeness (QED) is 0.551. The van der Waals surface area contributed by atoms with Crippen molar-refractivity contribution >= 4 is 39.5 Å². The van der Waals surface area contributed by atoms with E-state index in [0.29, 0.717) is 5.02 Å². The van der Waals surface area contributed by atoms with E-state index in [-0.39, 0.29) is 4.90 Å². The van der Waals surface area contributed by atoms with Crippen molar-refractivity contribution in [2.75, 3.05) is 13.6 Å². The van der Waals surface area contributed by atoms with Gasteiger partial charge < -0.3 is 0 Å². The topological polar surface area (TPSA) is 95.6 Å². The Morgan fingerprint density at radius 1 is 1.04 bits per heavy atom. The Balaban J connectivity index is 1.86. The van der Waals surface area contributed by atoms with Crippen molar-refractivity contribution in [2.45, 2.75) is 11.8 Å². The smallest absolute Gasteiger partial charge is 0.262 e. The lowest BCUT2D eigenvalue weighted by Crippen LogP contribution is -2.46. The summed E-state index contributed by atoms with van der Waals surface area (Å²) < 4.78 is 25.8.